The number of nitriles is 1. The molecule has 1 aromatic heterocycles. The van der Waals surface area contributed by atoms with Crippen LogP contribution >= 0.6 is 11.6 Å². The standard InChI is InChI=1S/C21H20ClN5/c1-15-2-7-19-18(12-15)21(20(13-23)25-24-19)27-10-8-26(9-11-27)14-16-3-5-17(22)6-4-16/h2-7,12H,8-11,14H2,1H3. The molecule has 0 bridgehead atoms. The Hall–Kier alpha value is -2.68. The summed E-state index contributed by atoms with van der Waals surface area (Å²) in [5.41, 5.74) is 4.56. The van der Waals surface area contributed by atoms with Crippen LogP contribution in [0.15, 0.2) is 42.5 Å². The summed E-state index contributed by atoms with van der Waals surface area (Å²) >= 11 is 5.97. The van der Waals surface area contributed by atoms with Gasteiger partial charge in [-0.25, -0.2) is 0 Å². The Morgan fingerprint density at radius 2 is 1.78 bits per heavy atom. The van der Waals surface area contributed by atoms with Gasteiger partial charge in [0.25, 0.3) is 0 Å². The van der Waals surface area contributed by atoms with E-state index in [9.17, 15) is 5.26 Å². The fraction of sp³-hybridized carbons (Fsp3) is 0.286. The number of fused-ring (bicyclic) bond motifs is 1. The highest BCUT2D eigenvalue weighted by molar-refractivity contribution is 6.30. The first-order chi connectivity index (χ1) is 13.1. The van der Waals surface area contributed by atoms with Gasteiger partial charge in [-0.1, -0.05) is 35.4 Å². The lowest BCUT2D eigenvalue weighted by Gasteiger charge is -2.36. The maximum atomic E-state index is 9.55. The van der Waals surface area contributed by atoms with Gasteiger partial charge in [0, 0.05) is 43.1 Å². The first kappa shape index (κ1) is 17.7. The van der Waals surface area contributed by atoms with Crippen LogP contribution in [-0.4, -0.2) is 41.3 Å². The number of rotatable bonds is 3. The molecular weight excluding hydrogens is 358 g/mol. The number of piperazine rings is 1. The van der Waals surface area contributed by atoms with E-state index >= 15 is 0 Å². The maximum absolute atomic E-state index is 9.55. The molecule has 4 rings (SSSR count). The van der Waals surface area contributed by atoms with Crippen molar-refractivity contribution in [2.45, 2.75) is 13.5 Å². The van der Waals surface area contributed by atoms with Gasteiger partial charge in [-0.15, -0.1) is 10.2 Å². The van der Waals surface area contributed by atoms with Gasteiger partial charge in [-0.05, 0) is 36.8 Å². The van der Waals surface area contributed by atoms with Gasteiger partial charge in [0.05, 0.1) is 11.2 Å². The number of benzene rings is 2. The molecule has 1 aliphatic rings. The van der Waals surface area contributed by atoms with E-state index in [0.717, 1.165) is 59.9 Å². The minimum atomic E-state index is 0.402. The molecule has 6 heteroatoms. The van der Waals surface area contributed by atoms with Crippen molar-refractivity contribution in [3.63, 3.8) is 0 Å². The Balaban J connectivity index is 1.55. The van der Waals surface area contributed by atoms with Crippen LogP contribution in [0.5, 0.6) is 0 Å². The molecule has 0 unspecified atom stereocenters. The van der Waals surface area contributed by atoms with Gasteiger partial charge >= 0.3 is 0 Å². The molecule has 27 heavy (non-hydrogen) atoms. The summed E-state index contributed by atoms with van der Waals surface area (Å²) in [6.45, 7) is 6.55. The summed E-state index contributed by atoms with van der Waals surface area (Å²) in [7, 11) is 0. The highest BCUT2D eigenvalue weighted by atomic mass is 35.5. The first-order valence-electron chi connectivity index (χ1n) is 9.03. The Morgan fingerprint density at radius 1 is 1.04 bits per heavy atom. The van der Waals surface area contributed by atoms with Gasteiger partial charge in [0.15, 0.2) is 5.69 Å². The van der Waals surface area contributed by atoms with Crippen molar-refractivity contribution < 1.29 is 0 Å². The number of aromatic nitrogens is 2. The minimum Gasteiger partial charge on any atom is -0.366 e. The predicted octanol–water partition coefficient (Wildman–Crippen LogP) is 3.79. The van der Waals surface area contributed by atoms with Gasteiger partial charge in [-0.3, -0.25) is 4.90 Å². The second kappa shape index (κ2) is 7.51. The van der Waals surface area contributed by atoms with Crippen molar-refractivity contribution in [2.75, 3.05) is 31.1 Å². The third-order valence-electron chi connectivity index (χ3n) is 5.00. The largest absolute Gasteiger partial charge is 0.366 e. The Labute approximate surface area is 163 Å². The fourth-order valence-corrected chi connectivity index (χ4v) is 3.70. The van der Waals surface area contributed by atoms with E-state index in [1.54, 1.807) is 0 Å². The van der Waals surface area contributed by atoms with Gasteiger partial charge < -0.3 is 4.90 Å². The lowest BCUT2D eigenvalue weighted by Crippen LogP contribution is -2.46. The molecule has 2 aromatic carbocycles. The van der Waals surface area contributed by atoms with Crippen LogP contribution in [0, 0.1) is 18.3 Å². The van der Waals surface area contributed by atoms with E-state index < -0.39 is 0 Å². The average molecular weight is 378 g/mol. The Morgan fingerprint density at radius 3 is 2.48 bits per heavy atom. The Kier molecular flexibility index (Phi) is 4.93. The normalized spacial score (nSPS) is 15.1. The lowest BCUT2D eigenvalue weighted by molar-refractivity contribution is 0.250. The molecule has 0 saturated carbocycles. The third-order valence-corrected chi connectivity index (χ3v) is 5.26. The zero-order valence-corrected chi connectivity index (χ0v) is 15.9. The summed E-state index contributed by atoms with van der Waals surface area (Å²) in [5.74, 6) is 0. The molecule has 5 nitrogen and oxygen atoms in total. The molecular formula is C21H20ClN5. The minimum absolute atomic E-state index is 0.402. The zero-order chi connectivity index (χ0) is 18.8. The van der Waals surface area contributed by atoms with Crippen molar-refractivity contribution in [1.82, 2.24) is 15.1 Å². The summed E-state index contributed by atoms with van der Waals surface area (Å²) in [6.07, 6.45) is 0. The number of aryl methyl sites for hydroxylation is 1. The first-order valence-corrected chi connectivity index (χ1v) is 9.41. The Bertz CT molecular complexity index is 1000. The second-order valence-electron chi connectivity index (χ2n) is 6.92. The second-order valence-corrected chi connectivity index (χ2v) is 7.36. The number of nitrogens with zero attached hydrogens (tertiary/aromatic N) is 5. The SMILES string of the molecule is Cc1ccc2nnc(C#N)c(N3CCN(Cc4ccc(Cl)cc4)CC3)c2c1. The van der Waals surface area contributed by atoms with Gasteiger partial charge in [-0.2, -0.15) is 5.26 Å². The van der Waals surface area contributed by atoms with Crippen LogP contribution in [0.2, 0.25) is 5.02 Å². The number of hydrogen-bond acceptors (Lipinski definition) is 5. The van der Waals surface area contributed by atoms with E-state index in [0.29, 0.717) is 5.69 Å². The summed E-state index contributed by atoms with van der Waals surface area (Å²) in [5, 5.41) is 19.7. The van der Waals surface area contributed by atoms with Crippen LogP contribution in [0.4, 0.5) is 5.69 Å². The van der Waals surface area contributed by atoms with Gasteiger partial charge in [0.1, 0.15) is 6.07 Å². The van der Waals surface area contributed by atoms with Crippen molar-refractivity contribution in [1.29, 1.82) is 5.26 Å². The fourth-order valence-electron chi connectivity index (χ4n) is 3.58. The molecule has 0 amide bonds. The number of hydrogen-bond donors (Lipinski definition) is 0. The molecule has 1 aliphatic heterocycles. The summed E-state index contributed by atoms with van der Waals surface area (Å²) in [4.78, 5) is 4.70. The molecule has 0 aliphatic carbocycles. The molecule has 136 valence electrons. The quantitative estimate of drug-likeness (QED) is 0.695. The van der Waals surface area contributed by atoms with E-state index in [1.165, 1.54) is 5.56 Å². The van der Waals surface area contributed by atoms with Crippen molar-refractivity contribution in [3.8, 4) is 6.07 Å². The molecule has 3 aromatic rings. The van der Waals surface area contributed by atoms with Crippen LogP contribution in [0.25, 0.3) is 10.9 Å². The van der Waals surface area contributed by atoms with Crippen LogP contribution < -0.4 is 4.90 Å². The number of anilines is 1. The van der Waals surface area contributed by atoms with E-state index in [-0.39, 0.29) is 0 Å². The molecule has 0 atom stereocenters. The van der Waals surface area contributed by atoms with Crippen LogP contribution in [0.3, 0.4) is 0 Å². The van der Waals surface area contributed by atoms with E-state index in [2.05, 4.69) is 51.2 Å². The summed E-state index contributed by atoms with van der Waals surface area (Å²) < 4.78 is 0. The highest BCUT2D eigenvalue weighted by Crippen LogP contribution is 2.29. The van der Waals surface area contributed by atoms with Crippen molar-refractivity contribution in [3.05, 3.63) is 64.3 Å². The van der Waals surface area contributed by atoms with E-state index in [4.69, 9.17) is 11.6 Å². The number of halogens is 1. The third kappa shape index (κ3) is 3.73. The predicted molar refractivity (Wildman–Crippen MR) is 108 cm³/mol. The monoisotopic (exact) mass is 377 g/mol. The highest BCUT2D eigenvalue weighted by Gasteiger charge is 2.22. The lowest BCUT2D eigenvalue weighted by atomic mass is 10.1. The smallest absolute Gasteiger partial charge is 0.187 e. The average Bonchev–Trinajstić information content (AvgIpc) is 2.69. The van der Waals surface area contributed by atoms with E-state index in [1.807, 2.05) is 24.3 Å². The zero-order valence-electron chi connectivity index (χ0n) is 15.2. The van der Waals surface area contributed by atoms with Crippen LogP contribution in [-0.2, 0) is 6.54 Å². The molecule has 0 spiro atoms. The summed E-state index contributed by atoms with van der Waals surface area (Å²) in [6, 6.07) is 16.3. The molecule has 2 heterocycles. The van der Waals surface area contributed by atoms with Crippen molar-refractivity contribution >= 4 is 28.2 Å². The molecule has 0 radical (unpaired) electrons. The molecule has 1 saturated heterocycles. The van der Waals surface area contributed by atoms with Crippen molar-refractivity contribution in [2.24, 2.45) is 0 Å². The van der Waals surface area contributed by atoms with Gasteiger partial charge in [0.2, 0.25) is 0 Å². The molecule has 0 N–H and O–H groups in total. The van der Waals surface area contributed by atoms with Crippen LogP contribution in [0.1, 0.15) is 16.8 Å². The molecule has 1 fully saturated rings. The topological polar surface area (TPSA) is 56.1 Å². The maximum Gasteiger partial charge on any atom is 0.187 e.